The monoisotopic (exact) mass is 945 g/mol. The van der Waals surface area contributed by atoms with E-state index in [0.717, 1.165) is 0 Å². The number of hydrogen-bond acceptors (Lipinski definition) is 2. The van der Waals surface area contributed by atoms with Crippen LogP contribution >= 0.6 is 0 Å². The molecule has 66 heavy (non-hydrogen) atoms. The summed E-state index contributed by atoms with van der Waals surface area (Å²) >= 11 is 0. The van der Waals surface area contributed by atoms with Crippen molar-refractivity contribution < 1.29 is 8.85 Å². The van der Waals surface area contributed by atoms with Gasteiger partial charge in [0.2, 0.25) is 0 Å². The van der Waals surface area contributed by atoms with Gasteiger partial charge in [-0.15, -0.1) is 0 Å². The summed E-state index contributed by atoms with van der Waals surface area (Å²) in [6.07, 6.45) is 12.1. The Balaban J connectivity index is 1.60. The molecule has 0 saturated carbocycles. The van der Waals surface area contributed by atoms with Crippen LogP contribution in [0, 0.1) is 0 Å². The maximum Gasteiger partial charge on any atom is 0.261 e. The van der Waals surface area contributed by atoms with E-state index in [1.165, 1.54) is 95.3 Å². The van der Waals surface area contributed by atoms with E-state index in [-0.39, 0.29) is 23.3 Å². The van der Waals surface area contributed by atoms with Crippen molar-refractivity contribution in [2.75, 3.05) is 0 Å². The lowest BCUT2D eigenvalue weighted by Crippen LogP contribution is -2.77. The second-order valence-electron chi connectivity index (χ2n) is 20.7. The normalized spacial score (nSPS) is 20.7. The van der Waals surface area contributed by atoms with Crippen LogP contribution in [0.5, 0.6) is 0 Å². The molecular formula is C60H80O2Si4. The van der Waals surface area contributed by atoms with Crippen molar-refractivity contribution >= 4 is 63.9 Å². The minimum atomic E-state index is -3.23. The molecule has 7 rings (SSSR count). The maximum absolute atomic E-state index is 8.86. The van der Waals surface area contributed by atoms with Gasteiger partial charge in [-0.05, 0) is 45.7 Å². The lowest BCUT2D eigenvalue weighted by Gasteiger charge is -2.58. The number of rotatable bonds is 20. The van der Waals surface area contributed by atoms with Gasteiger partial charge in [0.15, 0.2) is 0 Å². The lowest BCUT2D eigenvalue weighted by atomic mass is 10.1. The molecule has 0 bridgehead atoms. The van der Waals surface area contributed by atoms with Crippen LogP contribution in [0.3, 0.4) is 0 Å². The zero-order valence-corrected chi connectivity index (χ0v) is 45.7. The highest BCUT2D eigenvalue weighted by Crippen LogP contribution is 2.55. The molecule has 0 aromatic heterocycles. The summed E-state index contributed by atoms with van der Waals surface area (Å²) in [4.78, 5) is 0. The standard InChI is InChI=1S/C60H80O2Si4/c1-9-11-13-33-47-57(63(5,6)51-35-21-15-22-36-51)59-49(3)61-66(55-43-29-19-30-44-55,56-45-31-20-32-46-56)60(58(48-34-14-12-10-2)64(7,8)52-37-23-16-24-38-52)50(4)62-65(59,53-39-25-17-26-40-53)54-41-27-18-28-42-54/h15-32,35-46,49-50,57-60H,9-14,33-34,47-48H2,1-8H3/t49-,50-,57+,58+,59+,60+/m1/s1. The minimum Gasteiger partial charge on any atom is -0.405 e. The molecule has 0 radical (unpaired) electrons. The zero-order chi connectivity index (χ0) is 46.6. The Morgan fingerprint density at radius 3 is 0.894 bits per heavy atom. The van der Waals surface area contributed by atoms with E-state index in [2.05, 4.69) is 236 Å². The van der Waals surface area contributed by atoms with Gasteiger partial charge >= 0.3 is 0 Å². The van der Waals surface area contributed by atoms with Gasteiger partial charge < -0.3 is 8.85 Å². The van der Waals surface area contributed by atoms with Crippen molar-refractivity contribution in [3.63, 3.8) is 0 Å². The van der Waals surface area contributed by atoms with Crippen LogP contribution in [-0.4, -0.2) is 45.0 Å². The molecule has 6 heteroatoms. The van der Waals surface area contributed by atoms with E-state index in [1.54, 1.807) is 0 Å². The van der Waals surface area contributed by atoms with E-state index >= 15 is 0 Å². The Hall–Kier alpha value is -3.89. The Bertz CT molecular complexity index is 2060. The SMILES string of the molecule is CCCCCC[C@@H]([C@@H]1[C@@H](C)O[Si](c2ccccc2)(c2ccccc2)[C@H]([C@H](CCCCCC)[Si](C)(C)c2ccccc2)[C@@H](C)O[Si]1(c1ccccc1)c1ccccc1)[Si](C)(C)c1ccccc1. The third-order valence-corrected chi connectivity index (χ3v) is 35.2. The molecule has 2 nitrogen and oxygen atoms in total. The fourth-order valence-corrected chi connectivity index (χ4v) is 34.2. The molecule has 6 atom stereocenters. The van der Waals surface area contributed by atoms with E-state index in [4.69, 9.17) is 8.85 Å². The van der Waals surface area contributed by atoms with E-state index < -0.39 is 32.8 Å². The predicted octanol–water partition coefficient (Wildman–Crippen LogP) is 13.0. The summed E-state index contributed by atoms with van der Waals surface area (Å²) in [6.45, 7) is 20.4. The smallest absolute Gasteiger partial charge is 0.261 e. The summed E-state index contributed by atoms with van der Waals surface area (Å²) < 4.78 is 17.7. The minimum absolute atomic E-state index is 0.104. The Morgan fingerprint density at radius 2 is 0.636 bits per heavy atom. The van der Waals surface area contributed by atoms with Gasteiger partial charge in [-0.3, -0.25) is 0 Å². The average molecular weight is 946 g/mol. The Labute approximate surface area is 404 Å². The largest absolute Gasteiger partial charge is 0.405 e. The third kappa shape index (κ3) is 10.4. The molecule has 1 heterocycles. The average Bonchev–Trinajstić information content (AvgIpc) is 3.36. The van der Waals surface area contributed by atoms with Crippen LogP contribution in [0.2, 0.25) is 48.4 Å². The van der Waals surface area contributed by atoms with Crippen molar-refractivity contribution in [2.45, 2.75) is 152 Å². The molecule has 0 spiro atoms. The molecule has 0 N–H and O–H groups in total. The quantitative estimate of drug-likeness (QED) is 0.0561. The van der Waals surface area contributed by atoms with Crippen LogP contribution in [0.15, 0.2) is 182 Å². The van der Waals surface area contributed by atoms with Gasteiger partial charge in [0.1, 0.15) is 0 Å². The van der Waals surface area contributed by atoms with Crippen LogP contribution in [0.25, 0.3) is 0 Å². The first-order valence-corrected chi connectivity index (χ1v) is 35.8. The molecule has 1 aliphatic heterocycles. The van der Waals surface area contributed by atoms with Gasteiger partial charge in [0.25, 0.3) is 16.6 Å². The fourth-order valence-electron chi connectivity index (χ4n) is 12.6. The van der Waals surface area contributed by atoms with Crippen molar-refractivity contribution in [1.82, 2.24) is 0 Å². The highest BCUT2D eigenvalue weighted by molar-refractivity contribution is 7.03. The van der Waals surface area contributed by atoms with Crippen molar-refractivity contribution in [3.8, 4) is 0 Å². The third-order valence-electron chi connectivity index (χ3n) is 16.0. The van der Waals surface area contributed by atoms with Gasteiger partial charge in [-0.2, -0.15) is 0 Å². The lowest BCUT2D eigenvalue weighted by molar-refractivity contribution is 0.120. The predicted molar refractivity (Wildman–Crippen MR) is 297 cm³/mol. The van der Waals surface area contributed by atoms with E-state index in [9.17, 15) is 0 Å². The summed E-state index contributed by atoms with van der Waals surface area (Å²) in [6, 6.07) is 69.9. The summed E-state index contributed by atoms with van der Waals surface area (Å²) in [5, 5.41) is 8.59. The summed E-state index contributed by atoms with van der Waals surface area (Å²) in [5.41, 5.74) is 1.05. The Morgan fingerprint density at radius 1 is 0.379 bits per heavy atom. The van der Waals surface area contributed by atoms with Crippen LogP contribution < -0.4 is 31.1 Å². The van der Waals surface area contributed by atoms with Gasteiger partial charge in [-0.25, -0.2) is 0 Å². The second-order valence-corrected chi connectivity index (χ2v) is 37.3. The van der Waals surface area contributed by atoms with Gasteiger partial charge in [0.05, 0.1) is 16.1 Å². The van der Waals surface area contributed by atoms with Crippen LogP contribution in [0.4, 0.5) is 0 Å². The first-order chi connectivity index (χ1) is 32.0. The highest BCUT2D eigenvalue weighted by atomic mass is 28.4. The fraction of sp³-hybridized carbons (Fsp3) is 0.400. The van der Waals surface area contributed by atoms with Crippen LogP contribution in [-0.2, 0) is 8.85 Å². The first-order valence-electron chi connectivity index (χ1n) is 25.7. The summed E-state index contributed by atoms with van der Waals surface area (Å²) in [5.74, 6) is 0. The van der Waals surface area contributed by atoms with E-state index in [0.29, 0.717) is 11.1 Å². The van der Waals surface area contributed by atoms with Crippen LogP contribution in [0.1, 0.15) is 91.9 Å². The topological polar surface area (TPSA) is 18.5 Å². The molecule has 6 aromatic rings. The maximum atomic E-state index is 8.86. The molecule has 6 aromatic carbocycles. The molecular weight excluding hydrogens is 865 g/mol. The zero-order valence-electron chi connectivity index (χ0n) is 41.7. The number of benzene rings is 6. The van der Waals surface area contributed by atoms with Gasteiger partial charge in [0, 0.05) is 23.3 Å². The molecule has 0 amide bonds. The highest BCUT2D eigenvalue weighted by Gasteiger charge is 2.64. The number of hydrogen-bond donors (Lipinski definition) is 0. The van der Waals surface area contributed by atoms with Gasteiger partial charge in [-0.1, -0.05) is 297 Å². The van der Waals surface area contributed by atoms with E-state index in [1.807, 2.05) is 0 Å². The summed E-state index contributed by atoms with van der Waals surface area (Å²) in [7, 11) is -11.0. The second kappa shape index (κ2) is 22.9. The molecule has 1 saturated heterocycles. The Kier molecular flexibility index (Phi) is 17.4. The number of unbranched alkanes of at least 4 members (excludes halogenated alkanes) is 6. The first kappa shape index (κ1) is 50.0. The molecule has 0 aliphatic carbocycles. The molecule has 348 valence electrons. The molecule has 1 fully saturated rings. The van der Waals surface area contributed by atoms with Crippen molar-refractivity contribution in [3.05, 3.63) is 182 Å². The molecule has 0 unspecified atom stereocenters. The van der Waals surface area contributed by atoms with Crippen molar-refractivity contribution in [2.24, 2.45) is 0 Å². The molecule has 1 aliphatic rings. The van der Waals surface area contributed by atoms with Crippen molar-refractivity contribution in [1.29, 1.82) is 0 Å².